The molecule has 0 saturated heterocycles. The third kappa shape index (κ3) is 6.85. The van der Waals surface area contributed by atoms with Crippen molar-refractivity contribution in [2.24, 2.45) is 17.8 Å². The van der Waals surface area contributed by atoms with E-state index in [1.165, 1.54) is 0 Å². The van der Waals surface area contributed by atoms with Crippen LogP contribution in [0.15, 0.2) is 12.2 Å². The molecule has 0 fully saturated rings. The predicted octanol–water partition coefficient (Wildman–Crippen LogP) is 1.71. The third-order valence-electron chi connectivity index (χ3n) is 3.77. The summed E-state index contributed by atoms with van der Waals surface area (Å²) in [6.45, 7) is 7.51. The second kappa shape index (κ2) is 9.70. The lowest BCUT2D eigenvalue weighted by molar-refractivity contribution is -0.314. The molecule has 0 saturated carbocycles. The maximum Gasteiger partial charge on any atom is 0.139 e. The summed E-state index contributed by atoms with van der Waals surface area (Å²) in [4.78, 5) is 22.5. The Morgan fingerprint density at radius 3 is 2.25 bits per heavy atom. The lowest BCUT2D eigenvalue weighted by Gasteiger charge is -2.24. The molecule has 0 heterocycles. The monoisotopic (exact) mass is 283 g/mol. The highest BCUT2D eigenvalue weighted by molar-refractivity contribution is 5.81. The standard InChI is InChI=1S/C16H28O4/c1-5-12(4)14(17)9-7-8-11(3)10-15(18)13(6-2)16(19)20/h7-8,11-13,15,18H,5-6,9-10H2,1-4H3,(H,19,20)/p-1/b8-7+/t11?,12-,13+,15+/m0/s1. The Bertz CT molecular complexity index is 335. The van der Waals surface area contributed by atoms with Crippen molar-refractivity contribution in [2.75, 3.05) is 0 Å². The van der Waals surface area contributed by atoms with Gasteiger partial charge in [0.15, 0.2) is 0 Å². The number of carbonyl (C=O) groups is 2. The summed E-state index contributed by atoms with van der Waals surface area (Å²) in [5.74, 6) is -1.72. The summed E-state index contributed by atoms with van der Waals surface area (Å²) in [6.07, 6.45) is 4.72. The largest absolute Gasteiger partial charge is 0.550 e. The van der Waals surface area contributed by atoms with Crippen molar-refractivity contribution in [2.45, 2.75) is 59.5 Å². The summed E-state index contributed by atoms with van der Waals surface area (Å²) in [7, 11) is 0. The maximum absolute atomic E-state index is 11.6. The zero-order valence-corrected chi connectivity index (χ0v) is 13.0. The number of aliphatic hydroxyl groups is 1. The van der Waals surface area contributed by atoms with Crippen LogP contribution in [0.3, 0.4) is 0 Å². The highest BCUT2D eigenvalue weighted by Gasteiger charge is 2.20. The van der Waals surface area contributed by atoms with Crippen LogP contribution in [0.1, 0.15) is 53.4 Å². The fraction of sp³-hybridized carbons (Fsp3) is 0.750. The molecule has 0 spiro atoms. The number of Topliss-reactive ketones (excluding diaryl/α,β-unsaturated/α-hetero) is 1. The molecule has 0 rings (SSSR count). The first-order valence-corrected chi connectivity index (χ1v) is 7.41. The zero-order chi connectivity index (χ0) is 15.7. The molecule has 0 radical (unpaired) electrons. The molecule has 1 N–H and O–H groups in total. The number of hydrogen-bond donors (Lipinski definition) is 1. The fourth-order valence-corrected chi connectivity index (χ4v) is 2.06. The van der Waals surface area contributed by atoms with Crippen LogP contribution in [0.4, 0.5) is 0 Å². The van der Waals surface area contributed by atoms with Gasteiger partial charge in [-0.15, -0.1) is 0 Å². The van der Waals surface area contributed by atoms with Crippen LogP contribution in [0.2, 0.25) is 0 Å². The van der Waals surface area contributed by atoms with Crippen LogP contribution in [0, 0.1) is 17.8 Å². The number of carbonyl (C=O) groups excluding carboxylic acids is 2. The van der Waals surface area contributed by atoms with E-state index in [0.717, 1.165) is 6.42 Å². The van der Waals surface area contributed by atoms with E-state index < -0.39 is 18.0 Å². The first-order valence-electron chi connectivity index (χ1n) is 7.41. The van der Waals surface area contributed by atoms with Gasteiger partial charge in [0.05, 0.1) is 6.10 Å². The van der Waals surface area contributed by atoms with Gasteiger partial charge in [-0.05, 0) is 25.2 Å². The minimum absolute atomic E-state index is 0.0307. The zero-order valence-electron chi connectivity index (χ0n) is 13.0. The van der Waals surface area contributed by atoms with E-state index in [-0.39, 0.29) is 17.6 Å². The summed E-state index contributed by atoms with van der Waals surface area (Å²) >= 11 is 0. The SMILES string of the molecule is CC[C@H](C)C(=O)C/C=C/C(C)C[C@@H](O)[C@@H](CC)C(=O)[O-]. The molecule has 20 heavy (non-hydrogen) atoms. The Balaban J connectivity index is 4.25. The van der Waals surface area contributed by atoms with Crippen LogP contribution in [0.25, 0.3) is 0 Å². The molecule has 0 aromatic carbocycles. The van der Waals surface area contributed by atoms with Crippen molar-refractivity contribution in [3.63, 3.8) is 0 Å². The van der Waals surface area contributed by atoms with Gasteiger partial charge in [0.1, 0.15) is 5.78 Å². The van der Waals surface area contributed by atoms with Crippen LogP contribution in [-0.4, -0.2) is 23.0 Å². The fourth-order valence-electron chi connectivity index (χ4n) is 2.06. The van der Waals surface area contributed by atoms with Gasteiger partial charge in [-0.2, -0.15) is 0 Å². The van der Waals surface area contributed by atoms with Crippen molar-refractivity contribution in [1.29, 1.82) is 0 Å². The molecule has 0 aromatic heterocycles. The summed E-state index contributed by atoms with van der Waals surface area (Å²) in [5.41, 5.74) is 0. The summed E-state index contributed by atoms with van der Waals surface area (Å²) in [6, 6.07) is 0. The second-order valence-electron chi connectivity index (χ2n) is 5.52. The number of allylic oxidation sites excluding steroid dienone is 2. The lowest BCUT2D eigenvalue weighted by Crippen LogP contribution is -2.38. The Morgan fingerprint density at radius 2 is 1.80 bits per heavy atom. The Kier molecular flexibility index (Phi) is 9.14. The topological polar surface area (TPSA) is 77.4 Å². The average molecular weight is 283 g/mol. The molecule has 0 aliphatic heterocycles. The van der Waals surface area contributed by atoms with Gasteiger partial charge in [0, 0.05) is 24.2 Å². The molecule has 0 aromatic rings. The Hall–Kier alpha value is -1.16. The van der Waals surface area contributed by atoms with Gasteiger partial charge in [0.25, 0.3) is 0 Å². The van der Waals surface area contributed by atoms with Crippen LogP contribution in [-0.2, 0) is 9.59 Å². The van der Waals surface area contributed by atoms with E-state index >= 15 is 0 Å². The van der Waals surface area contributed by atoms with Gasteiger partial charge in [-0.25, -0.2) is 0 Å². The molecule has 0 amide bonds. The molecule has 1 unspecified atom stereocenters. The number of aliphatic carboxylic acids is 1. The molecule has 0 aliphatic rings. The molecular weight excluding hydrogens is 256 g/mol. The quantitative estimate of drug-likeness (QED) is 0.619. The molecular formula is C16H27O4-. The predicted molar refractivity (Wildman–Crippen MR) is 76.8 cm³/mol. The average Bonchev–Trinajstić information content (AvgIpc) is 2.37. The highest BCUT2D eigenvalue weighted by Crippen LogP contribution is 2.17. The van der Waals surface area contributed by atoms with Crippen molar-refractivity contribution >= 4 is 11.8 Å². The first kappa shape index (κ1) is 18.8. The molecule has 4 heteroatoms. The van der Waals surface area contributed by atoms with E-state index in [1.807, 2.05) is 32.9 Å². The van der Waals surface area contributed by atoms with E-state index in [1.54, 1.807) is 6.92 Å². The maximum atomic E-state index is 11.6. The number of aliphatic hydroxyl groups excluding tert-OH is 1. The van der Waals surface area contributed by atoms with E-state index in [4.69, 9.17) is 0 Å². The normalized spacial score (nSPS) is 17.6. The van der Waals surface area contributed by atoms with Crippen LogP contribution >= 0.6 is 0 Å². The smallest absolute Gasteiger partial charge is 0.139 e. The van der Waals surface area contributed by atoms with Crippen molar-refractivity contribution in [3.05, 3.63) is 12.2 Å². The van der Waals surface area contributed by atoms with Gasteiger partial charge >= 0.3 is 0 Å². The third-order valence-corrected chi connectivity index (χ3v) is 3.77. The van der Waals surface area contributed by atoms with E-state index in [2.05, 4.69) is 0 Å². The molecule has 116 valence electrons. The van der Waals surface area contributed by atoms with Crippen LogP contribution in [0.5, 0.6) is 0 Å². The Morgan fingerprint density at radius 1 is 1.20 bits per heavy atom. The Labute approximate surface area is 121 Å². The number of hydrogen-bond acceptors (Lipinski definition) is 4. The van der Waals surface area contributed by atoms with Gasteiger partial charge in [-0.1, -0.05) is 39.8 Å². The number of ketones is 1. The molecule has 4 nitrogen and oxygen atoms in total. The van der Waals surface area contributed by atoms with Gasteiger partial charge < -0.3 is 15.0 Å². The van der Waals surface area contributed by atoms with Gasteiger partial charge in [0.2, 0.25) is 0 Å². The summed E-state index contributed by atoms with van der Waals surface area (Å²) in [5, 5.41) is 20.7. The first-order chi connectivity index (χ1) is 9.33. The summed E-state index contributed by atoms with van der Waals surface area (Å²) < 4.78 is 0. The number of rotatable bonds is 10. The number of carboxylic acids is 1. The van der Waals surface area contributed by atoms with Crippen LogP contribution < -0.4 is 5.11 Å². The van der Waals surface area contributed by atoms with Crippen molar-refractivity contribution in [3.8, 4) is 0 Å². The van der Waals surface area contributed by atoms with Gasteiger partial charge in [-0.3, -0.25) is 4.79 Å². The molecule has 0 bridgehead atoms. The van der Waals surface area contributed by atoms with Crippen molar-refractivity contribution in [1.82, 2.24) is 0 Å². The minimum Gasteiger partial charge on any atom is -0.550 e. The van der Waals surface area contributed by atoms with E-state index in [0.29, 0.717) is 19.3 Å². The second-order valence-corrected chi connectivity index (χ2v) is 5.52. The lowest BCUT2D eigenvalue weighted by atomic mass is 9.91. The van der Waals surface area contributed by atoms with Crippen molar-refractivity contribution < 1.29 is 19.8 Å². The van der Waals surface area contributed by atoms with E-state index in [9.17, 15) is 19.8 Å². The number of carboxylic acid groups (broad SMARTS) is 1. The molecule has 4 atom stereocenters. The molecule has 0 aliphatic carbocycles. The highest BCUT2D eigenvalue weighted by atomic mass is 16.4. The minimum atomic E-state index is -1.21.